The molecule has 0 unspecified atom stereocenters. The standard InChI is InChI=1S/C19H26O/c1-15(13-17-9-5-3-6-10-17)19(20)16(2)14-18-11-7-4-8-12-18/h9,11,13-14H,3-8,10,12H2,1-2H3/b15-13-,16-14-. The van der Waals surface area contributed by atoms with Crippen molar-refractivity contribution in [1.82, 2.24) is 0 Å². The fourth-order valence-electron chi connectivity index (χ4n) is 2.99. The van der Waals surface area contributed by atoms with Gasteiger partial charge in [0.1, 0.15) is 0 Å². The molecule has 0 fully saturated rings. The molecule has 20 heavy (non-hydrogen) atoms. The number of allylic oxidation sites excluding steroid dienone is 8. The molecular formula is C19H26O. The van der Waals surface area contributed by atoms with Crippen molar-refractivity contribution < 1.29 is 4.79 Å². The summed E-state index contributed by atoms with van der Waals surface area (Å²) in [5.74, 6) is 0.197. The van der Waals surface area contributed by atoms with Crippen molar-refractivity contribution in [3.8, 4) is 0 Å². The van der Waals surface area contributed by atoms with Gasteiger partial charge in [0.2, 0.25) is 0 Å². The summed E-state index contributed by atoms with van der Waals surface area (Å²) in [6, 6.07) is 0. The van der Waals surface area contributed by atoms with Crippen molar-refractivity contribution in [2.75, 3.05) is 0 Å². The van der Waals surface area contributed by atoms with Crippen LogP contribution in [0.15, 0.2) is 46.6 Å². The number of hydrogen-bond acceptors (Lipinski definition) is 1. The molecule has 0 radical (unpaired) electrons. The Hall–Kier alpha value is -1.37. The van der Waals surface area contributed by atoms with E-state index in [-0.39, 0.29) is 5.78 Å². The molecule has 0 heterocycles. The first kappa shape index (κ1) is 15.0. The molecule has 1 heteroatoms. The lowest BCUT2D eigenvalue weighted by atomic mass is 9.94. The van der Waals surface area contributed by atoms with Gasteiger partial charge in [0.05, 0.1) is 0 Å². The van der Waals surface area contributed by atoms with Gasteiger partial charge in [0.15, 0.2) is 5.78 Å². The number of carbonyl (C=O) groups excluding carboxylic acids is 1. The highest BCUT2D eigenvalue weighted by Crippen LogP contribution is 2.22. The Morgan fingerprint density at radius 3 is 1.65 bits per heavy atom. The molecule has 2 rings (SSSR count). The number of Topliss-reactive ketones (excluding diaryl/α,β-unsaturated/α-hetero) is 1. The van der Waals surface area contributed by atoms with E-state index in [0.29, 0.717) is 0 Å². The van der Waals surface area contributed by atoms with Gasteiger partial charge >= 0.3 is 0 Å². The van der Waals surface area contributed by atoms with Crippen LogP contribution in [0.3, 0.4) is 0 Å². The third kappa shape index (κ3) is 4.33. The van der Waals surface area contributed by atoms with Gasteiger partial charge in [-0.3, -0.25) is 4.79 Å². The Balaban J connectivity index is 2.05. The first-order valence-electron chi connectivity index (χ1n) is 7.96. The van der Waals surface area contributed by atoms with Gasteiger partial charge in [-0.05, 0) is 76.4 Å². The second-order valence-corrected chi connectivity index (χ2v) is 6.03. The summed E-state index contributed by atoms with van der Waals surface area (Å²) in [4.78, 5) is 12.4. The molecule has 0 aromatic rings. The fourth-order valence-corrected chi connectivity index (χ4v) is 2.99. The Labute approximate surface area is 123 Å². The maximum Gasteiger partial charge on any atom is 0.184 e. The van der Waals surface area contributed by atoms with E-state index in [1.165, 1.54) is 36.8 Å². The lowest BCUT2D eigenvalue weighted by Crippen LogP contribution is -2.03. The predicted molar refractivity (Wildman–Crippen MR) is 85.6 cm³/mol. The predicted octanol–water partition coefficient (Wildman–Crippen LogP) is 5.45. The molecule has 0 amide bonds. The van der Waals surface area contributed by atoms with Gasteiger partial charge in [-0.15, -0.1) is 0 Å². The highest BCUT2D eigenvalue weighted by molar-refractivity contribution is 6.07. The first-order chi connectivity index (χ1) is 9.66. The van der Waals surface area contributed by atoms with Crippen molar-refractivity contribution in [3.63, 3.8) is 0 Å². The Kier molecular flexibility index (Phi) is 5.58. The molecule has 0 aromatic carbocycles. The minimum Gasteiger partial charge on any atom is -0.289 e. The number of carbonyl (C=O) groups is 1. The van der Waals surface area contributed by atoms with Gasteiger partial charge < -0.3 is 0 Å². The van der Waals surface area contributed by atoms with Gasteiger partial charge in [-0.25, -0.2) is 0 Å². The Morgan fingerprint density at radius 2 is 1.30 bits per heavy atom. The van der Waals surface area contributed by atoms with Crippen LogP contribution in [0, 0.1) is 0 Å². The van der Waals surface area contributed by atoms with E-state index in [1.54, 1.807) is 0 Å². The first-order valence-corrected chi connectivity index (χ1v) is 7.96. The van der Waals surface area contributed by atoms with Crippen molar-refractivity contribution >= 4 is 5.78 Å². The fraction of sp³-hybridized carbons (Fsp3) is 0.526. The maximum absolute atomic E-state index is 12.4. The summed E-state index contributed by atoms with van der Waals surface area (Å²) in [6.45, 7) is 3.90. The van der Waals surface area contributed by atoms with Crippen LogP contribution >= 0.6 is 0 Å². The van der Waals surface area contributed by atoms with Crippen LogP contribution in [0.25, 0.3) is 0 Å². The van der Waals surface area contributed by atoms with E-state index in [2.05, 4.69) is 24.3 Å². The summed E-state index contributed by atoms with van der Waals surface area (Å²) in [5.41, 5.74) is 4.44. The molecule has 0 saturated heterocycles. The lowest BCUT2D eigenvalue weighted by molar-refractivity contribution is -0.112. The van der Waals surface area contributed by atoms with Crippen LogP contribution < -0.4 is 0 Å². The van der Waals surface area contributed by atoms with Crippen molar-refractivity contribution in [2.24, 2.45) is 0 Å². The summed E-state index contributed by atoms with van der Waals surface area (Å²) < 4.78 is 0. The summed E-state index contributed by atoms with van der Waals surface area (Å²) >= 11 is 0. The van der Waals surface area contributed by atoms with Gasteiger partial charge in [0, 0.05) is 0 Å². The molecule has 0 spiro atoms. The minimum absolute atomic E-state index is 0.197. The summed E-state index contributed by atoms with van der Waals surface area (Å²) in [5, 5.41) is 0. The normalized spacial score (nSPS) is 21.3. The van der Waals surface area contributed by atoms with Crippen LogP contribution in [0.1, 0.15) is 65.2 Å². The molecule has 1 nitrogen and oxygen atoms in total. The zero-order valence-corrected chi connectivity index (χ0v) is 12.9. The molecule has 0 atom stereocenters. The van der Waals surface area contributed by atoms with Crippen molar-refractivity contribution in [1.29, 1.82) is 0 Å². The molecule has 0 N–H and O–H groups in total. The molecule has 2 aliphatic carbocycles. The van der Waals surface area contributed by atoms with E-state index in [1.807, 2.05) is 13.8 Å². The third-order valence-electron chi connectivity index (χ3n) is 4.17. The van der Waals surface area contributed by atoms with Crippen molar-refractivity contribution in [3.05, 3.63) is 46.6 Å². The van der Waals surface area contributed by atoms with Gasteiger partial charge in [-0.2, -0.15) is 0 Å². The molecular weight excluding hydrogens is 244 g/mol. The topological polar surface area (TPSA) is 17.1 Å². The molecule has 0 saturated carbocycles. The molecule has 0 aromatic heterocycles. The van der Waals surface area contributed by atoms with Gasteiger partial charge in [-0.1, -0.05) is 35.5 Å². The monoisotopic (exact) mass is 270 g/mol. The zero-order chi connectivity index (χ0) is 14.4. The number of rotatable bonds is 4. The Bertz CT molecular complexity index is 442. The minimum atomic E-state index is 0.197. The number of ketones is 1. The smallest absolute Gasteiger partial charge is 0.184 e. The summed E-state index contributed by atoms with van der Waals surface area (Å²) in [6.07, 6.45) is 18.4. The van der Waals surface area contributed by atoms with E-state index in [0.717, 1.165) is 36.8 Å². The highest BCUT2D eigenvalue weighted by Gasteiger charge is 2.10. The van der Waals surface area contributed by atoms with Crippen molar-refractivity contribution in [2.45, 2.75) is 65.2 Å². The second-order valence-electron chi connectivity index (χ2n) is 6.03. The Morgan fingerprint density at radius 1 is 0.850 bits per heavy atom. The lowest BCUT2D eigenvalue weighted by Gasteiger charge is -2.11. The quantitative estimate of drug-likeness (QED) is 0.621. The van der Waals surface area contributed by atoms with Crippen LogP contribution in [0.5, 0.6) is 0 Å². The largest absolute Gasteiger partial charge is 0.289 e. The van der Waals surface area contributed by atoms with E-state index in [9.17, 15) is 4.79 Å². The third-order valence-corrected chi connectivity index (χ3v) is 4.17. The van der Waals surface area contributed by atoms with Crippen LogP contribution in [0.2, 0.25) is 0 Å². The second kappa shape index (κ2) is 7.42. The molecule has 0 aliphatic heterocycles. The highest BCUT2D eigenvalue weighted by atomic mass is 16.1. The van der Waals surface area contributed by atoms with Crippen LogP contribution in [-0.4, -0.2) is 5.78 Å². The van der Waals surface area contributed by atoms with Gasteiger partial charge in [0.25, 0.3) is 0 Å². The maximum atomic E-state index is 12.4. The van der Waals surface area contributed by atoms with Crippen LogP contribution in [0.4, 0.5) is 0 Å². The number of hydrogen-bond donors (Lipinski definition) is 0. The van der Waals surface area contributed by atoms with Crippen LogP contribution in [-0.2, 0) is 4.79 Å². The molecule has 2 aliphatic rings. The summed E-state index contributed by atoms with van der Waals surface area (Å²) in [7, 11) is 0. The SMILES string of the molecule is C/C(=C/C1=CCCCC1)C(=O)/C(C)=C\C1=CCCCC1. The van der Waals surface area contributed by atoms with E-state index in [4.69, 9.17) is 0 Å². The molecule has 0 bridgehead atoms. The zero-order valence-electron chi connectivity index (χ0n) is 12.9. The van der Waals surface area contributed by atoms with E-state index < -0.39 is 0 Å². The van der Waals surface area contributed by atoms with E-state index >= 15 is 0 Å². The molecule has 108 valence electrons. The average Bonchev–Trinajstić information content (AvgIpc) is 2.48. The average molecular weight is 270 g/mol.